The number of alkyl halides is 2. The standard InChI is InChI=1S/C9H9BrCl2O/c1-9(8(11)12)3-6(10)7(13)4-2-5(4)9/h3-5,8H,2H2,1H3. The lowest BCUT2D eigenvalue weighted by Gasteiger charge is -2.30. The number of hydrogen-bond donors (Lipinski definition) is 0. The van der Waals surface area contributed by atoms with E-state index in [1.165, 1.54) is 0 Å². The quantitative estimate of drug-likeness (QED) is 0.675. The van der Waals surface area contributed by atoms with E-state index >= 15 is 0 Å². The number of Topliss-reactive ketones (excluding diaryl/α,β-unsaturated/α-hetero) is 1. The van der Waals surface area contributed by atoms with Crippen molar-refractivity contribution >= 4 is 44.9 Å². The molecule has 72 valence electrons. The van der Waals surface area contributed by atoms with Crippen molar-refractivity contribution in [2.24, 2.45) is 17.3 Å². The number of carbonyl (C=O) groups excluding carboxylic acids is 1. The lowest BCUT2D eigenvalue weighted by Crippen LogP contribution is -2.30. The van der Waals surface area contributed by atoms with Crippen LogP contribution in [0.5, 0.6) is 0 Å². The number of allylic oxidation sites excluding steroid dienone is 2. The van der Waals surface area contributed by atoms with Gasteiger partial charge in [-0.3, -0.25) is 4.79 Å². The maximum absolute atomic E-state index is 11.5. The van der Waals surface area contributed by atoms with E-state index in [9.17, 15) is 4.79 Å². The number of halogens is 3. The highest BCUT2D eigenvalue weighted by Crippen LogP contribution is 2.60. The zero-order valence-corrected chi connectivity index (χ0v) is 10.2. The van der Waals surface area contributed by atoms with Gasteiger partial charge in [-0.2, -0.15) is 0 Å². The van der Waals surface area contributed by atoms with Crippen LogP contribution in [-0.2, 0) is 4.79 Å². The van der Waals surface area contributed by atoms with Crippen LogP contribution in [-0.4, -0.2) is 10.6 Å². The second kappa shape index (κ2) is 2.98. The average molecular weight is 284 g/mol. The van der Waals surface area contributed by atoms with Crippen LogP contribution < -0.4 is 0 Å². The molecule has 0 radical (unpaired) electrons. The third-order valence-electron chi connectivity index (χ3n) is 3.07. The van der Waals surface area contributed by atoms with Crippen molar-refractivity contribution in [1.29, 1.82) is 0 Å². The minimum atomic E-state index is -0.442. The summed E-state index contributed by atoms with van der Waals surface area (Å²) in [5.74, 6) is 0.710. The number of hydrogen-bond acceptors (Lipinski definition) is 1. The molecule has 3 unspecified atom stereocenters. The molecule has 0 aromatic rings. The Bertz CT molecular complexity index is 300. The Hall–Kier alpha value is 0.470. The molecule has 0 bridgehead atoms. The van der Waals surface area contributed by atoms with Gasteiger partial charge in [-0.25, -0.2) is 0 Å². The Kier molecular flexibility index (Phi) is 2.29. The molecule has 13 heavy (non-hydrogen) atoms. The Balaban J connectivity index is 2.38. The molecule has 0 N–H and O–H groups in total. The highest BCUT2D eigenvalue weighted by Gasteiger charge is 2.58. The van der Waals surface area contributed by atoms with Crippen LogP contribution in [0.15, 0.2) is 10.6 Å². The van der Waals surface area contributed by atoms with Gasteiger partial charge in [0.25, 0.3) is 0 Å². The first-order valence-electron chi connectivity index (χ1n) is 4.17. The third kappa shape index (κ3) is 1.38. The number of fused-ring (bicyclic) bond motifs is 1. The molecule has 0 heterocycles. The minimum Gasteiger partial charge on any atom is -0.293 e. The smallest absolute Gasteiger partial charge is 0.172 e. The van der Waals surface area contributed by atoms with E-state index in [4.69, 9.17) is 23.2 Å². The van der Waals surface area contributed by atoms with E-state index in [1.807, 2.05) is 13.0 Å². The summed E-state index contributed by atoms with van der Waals surface area (Å²) in [4.78, 5) is 11.0. The van der Waals surface area contributed by atoms with Crippen molar-refractivity contribution in [3.8, 4) is 0 Å². The first-order chi connectivity index (χ1) is 5.97. The summed E-state index contributed by atoms with van der Waals surface area (Å²) in [6.45, 7) is 2.01. The molecule has 0 saturated heterocycles. The highest BCUT2D eigenvalue weighted by atomic mass is 79.9. The fourth-order valence-electron chi connectivity index (χ4n) is 2.03. The highest BCUT2D eigenvalue weighted by molar-refractivity contribution is 9.12. The van der Waals surface area contributed by atoms with Crippen LogP contribution in [0.1, 0.15) is 13.3 Å². The van der Waals surface area contributed by atoms with E-state index in [0.29, 0.717) is 10.4 Å². The SMILES string of the molecule is CC1(C(Cl)Cl)C=C(Br)C(=O)C2CC21. The topological polar surface area (TPSA) is 17.1 Å². The lowest BCUT2D eigenvalue weighted by molar-refractivity contribution is -0.117. The number of rotatable bonds is 1. The molecule has 3 atom stereocenters. The fraction of sp³-hybridized carbons (Fsp3) is 0.667. The molecular weight excluding hydrogens is 275 g/mol. The molecule has 2 rings (SSSR count). The van der Waals surface area contributed by atoms with Gasteiger partial charge < -0.3 is 0 Å². The number of ketones is 1. The summed E-state index contributed by atoms with van der Waals surface area (Å²) < 4.78 is 0.639. The van der Waals surface area contributed by atoms with Crippen molar-refractivity contribution in [3.63, 3.8) is 0 Å². The molecule has 0 amide bonds. The van der Waals surface area contributed by atoms with Gasteiger partial charge >= 0.3 is 0 Å². The first kappa shape index (κ1) is 10.0. The molecular formula is C9H9BrCl2O. The Morgan fingerprint density at radius 2 is 2.31 bits per heavy atom. The summed E-state index contributed by atoms with van der Waals surface area (Å²) in [5.41, 5.74) is -0.236. The summed E-state index contributed by atoms with van der Waals surface area (Å²) in [7, 11) is 0. The summed E-state index contributed by atoms with van der Waals surface area (Å²) in [6.07, 6.45) is 2.80. The van der Waals surface area contributed by atoms with E-state index in [1.54, 1.807) is 0 Å². The predicted octanol–water partition coefficient (Wildman–Crippen LogP) is 3.29. The van der Waals surface area contributed by atoms with Crippen LogP contribution in [0, 0.1) is 17.3 Å². The normalized spacial score (nSPS) is 43.2. The maximum Gasteiger partial charge on any atom is 0.172 e. The van der Waals surface area contributed by atoms with Crippen LogP contribution in [0.4, 0.5) is 0 Å². The van der Waals surface area contributed by atoms with Crippen molar-refractivity contribution < 1.29 is 4.79 Å². The number of carbonyl (C=O) groups is 1. The van der Waals surface area contributed by atoms with Crippen molar-refractivity contribution in [1.82, 2.24) is 0 Å². The molecule has 2 aliphatic rings. The molecule has 1 fully saturated rings. The van der Waals surface area contributed by atoms with Gasteiger partial charge in [0.15, 0.2) is 5.78 Å². The van der Waals surface area contributed by atoms with Gasteiger partial charge in [-0.15, -0.1) is 23.2 Å². The molecule has 0 spiro atoms. The summed E-state index contributed by atoms with van der Waals surface area (Å²) in [6, 6.07) is 0. The van der Waals surface area contributed by atoms with Crippen LogP contribution in [0.3, 0.4) is 0 Å². The van der Waals surface area contributed by atoms with Crippen LogP contribution in [0.25, 0.3) is 0 Å². The van der Waals surface area contributed by atoms with Crippen molar-refractivity contribution in [2.45, 2.75) is 18.2 Å². The second-order valence-electron chi connectivity index (χ2n) is 3.97. The minimum absolute atomic E-state index is 0.157. The van der Waals surface area contributed by atoms with Gasteiger partial charge in [0.1, 0.15) is 4.84 Å². The van der Waals surface area contributed by atoms with Gasteiger partial charge in [-0.1, -0.05) is 13.0 Å². The van der Waals surface area contributed by atoms with Crippen LogP contribution >= 0.6 is 39.1 Å². The average Bonchev–Trinajstić information content (AvgIpc) is 2.79. The third-order valence-corrected chi connectivity index (χ3v) is 4.63. The maximum atomic E-state index is 11.5. The van der Waals surface area contributed by atoms with E-state index in [0.717, 1.165) is 6.42 Å². The first-order valence-corrected chi connectivity index (χ1v) is 5.84. The van der Waals surface area contributed by atoms with E-state index in [-0.39, 0.29) is 17.1 Å². The van der Waals surface area contributed by atoms with Crippen molar-refractivity contribution in [3.05, 3.63) is 10.6 Å². The van der Waals surface area contributed by atoms with Crippen LogP contribution in [0.2, 0.25) is 0 Å². The van der Waals surface area contributed by atoms with Crippen molar-refractivity contribution in [2.75, 3.05) is 0 Å². The Labute approximate surface area is 95.6 Å². The summed E-state index contributed by atoms with van der Waals surface area (Å²) in [5, 5.41) is 0. The summed E-state index contributed by atoms with van der Waals surface area (Å²) >= 11 is 15.1. The largest absolute Gasteiger partial charge is 0.293 e. The van der Waals surface area contributed by atoms with E-state index < -0.39 is 4.84 Å². The van der Waals surface area contributed by atoms with E-state index in [2.05, 4.69) is 15.9 Å². The molecule has 1 nitrogen and oxygen atoms in total. The zero-order valence-electron chi connectivity index (χ0n) is 7.06. The second-order valence-corrected chi connectivity index (χ2v) is 5.92. The monoisotopic (exact) mass is 282 g/mol. The lowest BCUT2D eigenvalue weighted by atomic mass is 9.81. The Morgan fingerprint density at radius 1 is 1.69 bits per heavy atom. The Morgan fingerprint density at radius 3 is 2.85 bits per heavy atom. The molecule has 0 aromatic heterocycles. The molecule has 2 aliphatic carbocycles. The van der Waals surface area contributed by atoms with Gasteiger partial charge in [0.05, 0.1) is 4.48 Å². The molecule has 0 aliphatic heterocycles. The predicted molar refractivity (Wildman–Crippen MR) is 57.2 cm³/mol. The van der Waals surface area contributed by atoms with Gasteiger partial charge in [0, 0.05) is 11.3 Å². The van der Waals surface area contributed by atoms with Gasteiger partial charge in [0.2, 0.25) is 0 Å². The molecule has 1 saturated carbocycles. The zero-order chi connectivity index (χ0) is 9.80. The van der Waals surface area contributed by atoms with Gasteiger partial charge in [-0.05, 0) is 28.3 Å². The fourth-order valence-corrected chi connectivity index (χ4v) is 3.26. The molecule has 4 heteroatoms. The molecule has 0 aromatic carbocycles.